The second-order valence-electron chi connectivity index (χ2n) is 7.63. The minimum Gasteiger partial charge on any atom is -0.457 e. The van der Waals surface area contributed by atoms with Crippen molar-refractivity contribution in [3.8, 4) is 0 Å². The number of oxime groups is 1. The molecule has 2 aromatic heterocycles. The molecule has 0 saturated carbocycles. The van der Waals surface area contributed by atoms with E-state index in [9.17, 15) is 14.4 Å². The first kappa shape index (κ1) is 26.0. The van der Waals surface area contributed by atoms with Gasteiger partial charge in [-0.3, -0.25) is 19.2 Å². The van der Waals surface area contributed by atoms with Crippen LogP contribution in [0.2, 0.25) is 0 Å². The zero-order valence-electron chi connectivity index (χ0n) is 19.9. The summed E-state index contributed by atoms with van der Waals surface area (Å²) in [5.41, 5.74) is 6.48. The van der Waals surface area contributed by atoms with Crippen LogP contribution in [0.3, 0.4) is 0 Å². The fraction of sp³-hybridized carbons (Fsp3) is 0.273. The summed E-state index contributed by atoms with van der Waals surface area (Å²) in [6, 6.07) is 0.896. The summed E-state index contributed by atoms with van der Waals surface area (Å²) in [6.45, 7) is 3.54. The molecule has 2 aromatic rings. The van der Waals surface area contributed by atoms with Crippen LogP contribution >= 0.6 is 23.1 Å². The van der Waals surface area contributed by atoms with Gasteiger partial charge in [-0.25, -0.2) is 9.78 Å². The third-order valence-electron chi connectivity index (χ3n) is 5.31. The quantitative estimate of drug-likeness (QED) is 0.128. The monoisotopic (exact) mass is 544 g/mol. The van der Waals surface area contributed by atoms with Crippen molar-refractivity contribution >= 4 is 57.5 Å². The molecule has 2 atom stereocenters. The number of carbonyl (C=O) groups is 3. The molecule has 2 amide bonds. The number of rotatable bonds is 10. The molecule has 13 nitrogen and oxygen atoms in total. The van der Waals surface area contributed by atoms with Crippen LogP contribution in [0, 0.1) is 0 Å². The number of allylic oxidation sites excluding steroid dienone is 1. The summed E-state index contributed by atoms with van der Waals surface area (Å²) in [4.78, 5) is 49.2. The number of ether oxygens (including phenoxy) is 1. The molecule has 2 aliphatic heterocycles. The van der Waals surface area contributed by atoms with E-state index in [1.54, 1.807) is 41.6 Å². The van der Waals surface area contributed by atoms with Crippen LogP contribution in [-0.4, -0.2) is 74.0 Å². The Kier molecular flexibility index (Phi) is 7.93. The van der Waals surface area contributed by atoms with Crippen molar-refractivity contribution in [2.45, 2.75) is 11.4 Å². The van der Waals surface area contributed by atoms with Gasteiger partial charge in [0.2, 0.25) is 0 Å². The predicted octanol–water partition coefficient (Wildman–Crippen LogP) is 0.818. The third kappa shape index (κ3) is 5.36. The molecular weight excluding hydrogens is 520 g/mol. The molecule has 4 heterocycles. The number of nitrogens with zero attached hydrogens (tertiary/aromatic N) is 5. The van der Waals surface area contributed by atoms with E-state index in [2.05, 4.69) is 32.5 Å². The van der Waals surface area contributed by atoms with Crippen LogP contribution in [0.5, 0.6) is 0 Å². The Morgan fingerprint density at radius 1 is 1.43 bits per heavy atom. The Hall–Kier alpha value is -4.11. The summed E-state index contributed by atoms with van der Waals surface area (Å²) in [6.07, 6.45) is 6.45. The number of aromatic nitrogens is 3. The normalized spacial score (nSPS) is 19.4. The maximum atomic E-state index is 13.2. The van der Waals surface area contributed by atoms with Crippen molar-refractivity contribution in [1.82, 2.24) is 25.0 Å². The zero-order chi connectivity index (χ0) is 26.5. The lowest BCUT2D eigenvalue weighted by molar-refractivity contribution is -0.152. The van der Waals surface area contributed by atoms with E-state index in [-0.39, 0.29) is 28.8 Å². The van der Waals surface area contributed by atoms with Gasteiger partial charge in [0.1, 0.15) is 42.3 Å². The predicted molar refractivity (Wildman–Crippen MR) is 139 cm³/mol. The molecule has 0 aliphatic carbocycles. The van der Waals surface area contributed by atoms with E-state index in [0.717, 1.165) is 17.2 Å². The summed E-state index contributed by atoms with van der Waals surface area (Å²) in [5, 5.41) is 14.9. The number of thiazole rings is 1. The summed E-state index contributed by atoms with van der Waals surface area (Å²) >= 11 is 2.54. The third-order valence-corrected chi connectivity index (χ3v) is 7.28. The number of thioether (sulfide) groups is 1. The van der Waals surface area contributed by atoms with Crippen LogP contribution in [0.25, 0.3) is 0 Å². The number of esters is 1. The van der Waals surface area contributed by atoms with Gasteiger partial charge >= 0.3 is 5.97 Å². The molecule has 1 fully saturated rings. The second-order valence-corrected chi connectivity index (χ2v) is 9.63. The number of nitrogens with two attached hydrogens (primary N) is 1. The number of carbonyl (C=O) groups excluding carboxylic acids is 3. The van der Waals surface area contributed by atoms with E-state index >= 15 is 0 Å². The lowest BCUT2D eigenvalue weighted by Crippen LogP contribution is -2.71. The Balaban J connectivity index is 1.54. The molecule has 194 valence electrons. The first-order valence-corrected chi connectivity index (χ1v) is 12.8. The van der Waals surface area contributed by atoms with Crippen LogP contribution in [0.1, 0.15) is 5.69 Å². The molecule has 4 N–H and O–H groups in total. The van der Waals surface area contributed by atoms with Gasteiger partial charge in [-0.1, -0.05) is 17.8 Å². The van der Waals surface area contributed by atoms with Gasteiger partial charge in [0.15, 0.2) is 10.8 Å². The average molecular weight is 545 g/mol. The number of amides is 2. The summed E-state index contributed by atoms with van der Waals surface area (Å²) in [5.74, 6) is -0.645. The van der Waals surface area contributed by atoms with Crippen molar-refractivity contribution in [2.24, 2.45) is 12.2 Å². The van der Waals surface area contributed by atoms with E-state index in [1.165, 1.54) is 29.8 Å². The molecule has 0 aromatic carbocycles. The highest BCUT2D eigenvalue weighted by Gasteiger charge is 2.54. The SMILES string of the molecule is C=CCOC(=O)C1=C(/C=C/Nc2ccnn2C)CS[C@H]2[C@H](NC(=O)C(=NOC)c3csc(N)n3)C(=O)N12. The van der Waals surface area contributed by atoms with Gasteiger partial charge in [0.25, 0.3) is 11.8 Å². The van der Waals surface area contributed by atoms with Gasteiger partial charge in [-0.15, -0.1) is 23.1 Å². The standard InChI is InChI=1S/C22H24N8O5S2/c1-4-9-35-21(33)17-12(5-7-24-14-6-8-25-29(14)2)10-36-20-16(19(32)30(17)20)27-18(31)15(28-34-3)13-11-37-22(23)26-13/h4-8,11,16,20,24H,1,9-10H2,2-3H3,(H2,23,26)(H,27,31)/b7-5+,28-15?/t16-,20+/m1/s1. The first-order chi connectivity index (χ1) is 17.8. The number of hydrogen-bond acceptors (Lipinski definition) is 12. The van der Waals surface area contributed by atoms with Crippen LogP contribution in [0.15, 0.2) is 59.0 Å². The Labute approximate surface area is 220 Å². The van der Waals surface area contributed by atoms with Crippen molar-refractivity contribution in [3.63, 3.8) is 0 Å². The smallest absolute Gasteiger partial charge is 0.355 e. The Morgan fingerprint density at radius 3 is 2.89 bits per heavy atom. The number of anilines is 2. The summed E-state index contributed by atoms with van der Waals surface area (Å²) in [7, 11) is 3.08. The fourth-order valence-corrected chi connectivity index (χ4v) is 5.47. The van der Waals surface area contributed by atoms with Crippen molar-refractivity contribution in [3.05, 3.63) is 59.5 Å². The topological polar surface area (TPSA) is 166 Å². The molecule has 0 radical (unpaired) electrons. The molecule has 0 unspecified atom stereocenters. The lowest BCUT2D eigenvalue weighted by atomic mass is 10.0. The van der Waals surface area contributed by atoms with E-state index < -0.39 is 29.2 Å². The first-order valence-electron chi connectivity index (χ1n) is 10.9. The maximum absolute atomic E-state index is 13.2. The van der Waals surface area contributed by atoms with Crippen molar-refractivity contribution in [1.29, 1.82) is 0 Å². The molecule has 4 rings (SSSR count). The molecular formula is C22H24N8O5S2. The van der Waals surface area contributed by atoms with Crippen LogP contribution < -0.4 is 16.4 Å². The molecule has 15 heteroatoms. The van der Waals surface area contributed by atoms with Crippen LogP contribution in [-0.2, 0) is 31.0 Å². The van der Waals surface area contributed by atoms with Gasteiger partial charge < -0.3 is 25.9 Å². The van der Waals surface area contributed by atoms with Crippen molar-refractivity contribution < 1.29 is 24.0 Å². The highest BCUT2D eigenvalue weighted by Crippen LogP contribution is 2.41. The van der Waals surface area contributed by atoms with E-state index in [0.29, 0.717) is 11.3 Å². The largest absolute Gasteiger partial charge is 0.457 e. The van der Waals surface area contributed by atoms with Crippen LogP contribution in [0.4, 0.5) is 10.9 Å². The maximum Gasteiger partial charge on any atom is 0.355 e. The minimum atomic E-state index is -0.893. The second kappa shape index (κ2) is 11.3. The molecule has 37 heavy (non-hydrogen) atoms. The molecule has 0 bridgehead atoms. The molecule has 2 aliphatic rings. The Bertz CT molecular complexity index is 1310. The minimum absolute atomic E-state index is 0.0137. The number of nitrogen functional groups attached to an aromatic ring is 1. The molecule has 1 saturated heterocycles. The van der Waals surface area contributed by atoms with Gasteiger partial charge in [-0.05, 0) is 11.6 Å². The fourth-order valence-electron chi connectivity index (χ4n) is 3.61. The summed E-state index contributed by atoms with van der Waals surface area (Å²) < 4.78 is 6.90. The Morgan fingerprint density at radius 2 is 2.24 bits per heavy atom. The van der Waals surface area contributed by atoms with Gasteiger partial charge in [0, 0.05) is 30.4 Å². The van der Waals surface area contributed by atoms with Gasteiger partial charge in [0.05, 0.1) is 6.20 Å². The van der Waals surface area contributed by atoms with E-state index in [4.69, 9.17) is 15.3 Å². The number of nitrogens with one attached hydrogen (secondary N) is 2. The number of hydrogen-bond donors (Lipinski definition) is 3. The zero-order valence-corrected chi connectivity index (χ0v) is 21.5. The lowest BCUT2D eigenvalue weighted by Gasteiger charge is -2.49. The highest BCUT2D eigenvalue weighted by molar-refractivity contribution is 8.00. The highest BCUT2D eigenvalue weighted by atomic mass is 32.2. The van der Waals surface area contributed by atoms with E-state index in [1.807, 2.05) is 0 Å². The number of aryl methyl sites for hydroxylation is 1. The van der Waals surface area contributed by atoms with Gasteiger partial charge in [-0.2, -0.15) is 5.10 Å². The molecule has 0 spiro atoms. The average Bonchev–Trinajstić information content (AvgIpc) is 3.51. The number of fused-ring (bicyclic) bond motifs is 1. The number of β-lactam (4-membered cyclic amide) rings is 1. The van der Waals surface area contributed by atoms with Crippen molar-refractivity contribution in [2.75, 3.05) is 30.5 Å².